The Balaban J connectivity index is 2.81. The number of halogens is 3. The van der Waals surface area contributed by atoms with E-state index in [1.807, 2.05) is 13.8 Å². The van der Waals surface area contributed by atoms with Gasteiger partial charge in [-0.2, -0.15) is 13.2 Å². The molecule has 1 aromatic carbocycles. The van der Waals surface area contributed by atoms with Crippen LogP contribution in [0.5, 0.6) is 0 Å². The number of benzene rings is 1. The predicted molar refractivity (Wildman–Crippen MR) is 65.9 cm³/mol. The Morgan fingerprint density at radius 2 is 2.06 bits per heavy atom. The molecule has 1 rings (SSSR count). The molecular formula is C12H16F3NOS. The van der Waals surface area contributed by atoms with Crippen molar-refractivity contribution < 1.29 is 17.4 Å². The molecule has 0 amide bonds. The third-order valence-electron chi connectivity index (χ3n) is 2.38. The number of hydrogen-bond acceptors (Lipinski definition) is 2. The van der Waals surface area contributed by atoms with E-state index >= 15 is 0 Å². The molecule has 2 nitrogen and oxygen atoms in total. The lowest BCUT2D eigenvalue weighted by atomic mass is 10.2. The summed E-state index contributed by atoms with van der Waals surface area (Å²) in [4.78, 5) is 0.217. The van der Waals surface area contributed by atoms with Gasteiger partial charge in [-0.25, -0.2) is 0 Å². The lowest BCUT2D eigenvalue weighted by Crippen LogP contribution is -2.30. The summed E-state index contributed by atoms with van der Waals surface area (Å²) in [5.41, 5.74) is -0.760. The lowest BCUT2D eigenvalue weighted by Gasteiger charge is -2.13. The molecule has 0 heterocycles. The van der Waals surface area contributed by atoms with Crippen molar-refractivity contribution in [3.63, 3.8) is 0 Å². The molecular weight excluding hydrogens is 263 g/mol. The molecule has 2 atom stereocenters. The van der Waals surface area contributed by atoms with E-state index in [9.17, 15) is 17.4 Å². The second-order valence-electron chi connectivity index (χ2n) is 4.00. The second-order valence-corrected chi connectivity index (χ2v) is 5.49. The Morgan fingerprint density at radius 1 is 1.39 bits per heavy atom. The van der Waals surface area contributed by atoms with Crippen molar-refractivity contribution >= 4 is 10.8 Å². The predicted octanol–water partition coefficient (Wildman–Crippen LogP) is 2.81. The van der Waals surface area contributed by atoms with E-state index in [1.165, 1.54) is 12.1 Å². The summed E-state index contributed by atoms with van der Waals surface area (Å²) in [6.07, 6.45) is -4.40. The highest BCUT2D eigenvalue weighted by Gasteiger charge is 2.30. The van der Waals surface area contributed by atoms with Gasteiger partial charge in [-0.1, -0.05) is 13.0 Å². The summed E-state index contributed by atoms with van der Waals surface area (Å²) in [5, 5.41) is 3.08. The van der Waals surface area contributed by atoms with Crippen LogP contribution in [0.2, 0.25) is 0 Å². The van der Waals surface area contributed by atoms with Crippen LogP contribution in [-0.4, -0.2) is 22.5 Å². The molecule has 0 aliphatic heterocycles. The van der Waals surface area contributed by atoms with Gasteiger partial charge in [0.2, 0.25) is 0 Å². The average Bonchev–Trinajstić information content (AvgIpc) is 2.28. The maximum Gasteiger partial charge on any atom is 0.416 e. The van der Waals surface area contributed by atoms with Gasteiger partial charge in [0.25, 0.3) is 0 Å². The van der Waals surface area contributed by atoms with Crippen LogP contribution in [-0.2, 0) is 17.0 Å². The van der Waals surface area contributed by atoms with Crippen molar-refractivity contribution in [1.29, 1.82) is 0 Å². The zero-order valence-corrected chi connectivity index (χ0v) is 11.1. The van der Waals surface area contributed by atoms with Gasteiger partial charge in [-0.3, -0.25) is 4.21 Å². The number of nitrogens with one attached hydrogen (secondary N) is 1. The molecule has 1 aromatic rings. The summed E-state index contributed by atoms with van der Waals surface area (Å²) in [6, 6.07) is 4.69. The smallest absolute Gasteiger partial charge is 0.314 e. The molecule has 102 valence electrons. The Kier molecular flexibility index (Phi) is 5.34. The van der Waals surface area contributed by atoms with E-state index in [1.54, 1.807) is 0 Å². The fourth-order valence-electron chi connectivity index (χ4n) is 1.54. The number of rotatable bonds is 5. The first-order valence-corrected chi connectivity index (χ1v) is 6.95. The van der Waals surface area contributed by atoms with Crippen molar-refractivity contribution in [2.24, 2.45) is 0 Å². The van der Waals surface area contributed by atoms with Crippen molar-refractivity contribution in [3.05, 3.63) is 29.8 Å². The molecule has 2 unspecified atom stereocenters. The van der Waals surface area contributed by atoms with Crippen LogP contribution in [0.3, 0.4) is 0 Å². The Hall–Kier alpha value is -0.880. The zero-order chi connectivity index (χ0) is 13.8. The first-order chi connectivity index (χ1) is 8.34. The maximum atomic E-state index is 12.5. The molecule has 18 heavy (non-hydrogen) atoms. The summed E-state index contributed by atoms with van der Waals surface area (Å²) in [5.74, 6) is 0.301. The van der Waals surface area contributed by atoms with Gasteiger partial charge >= 0.3 is 6.18 Å². The highest BCUT2D eigenvalue weighted by Crippen LogP contribution is 2.30. The fourth-order valence-corrected chi connectivity index (χ4v) is 2.80. The minimum absolute atomic E-state index is 0.00498. The van der Waals surface area contributed by atoms with Crippen molar-refractivity contribution in [2.45, 2.75) is 31.0 Å². The Morgan fingerprint density at radius 3 is 2.61 bits per heavy atom. The molecule has 0 aliphatic rings. The van der Waals surface area contributed by atoms with Crippen molar-refractivity contribution in [3.8, 4) is 0 Å². The highest BCUT2D eigenvalue weighted by molar-refractivity contribution is 7.85. The summed E-state index contributed by atoms with van der Waals surface area (Å²) < 4.78 is 49.4. The molecule has 0 spiro atoms. The van der Waals surface area contributed by atoms with E-state index in [4.69, 9.17) is 0 Å². The fraction of sp³-hybridized carbons (Fsp3) is 0.500. The van der Waals surface area contributed by atoms with Crippen molar-refractivity contribution in [1.82, 2.24) is 5.32 Å². The molecule has 0 fully saturated rings. The van der Waals surface area contributed by atoms with E-state index in [0.717, 1.165) is 18.7 Å². The van der Waals surface area contributed by atoms with Crippen LogP contribution in [0, 0.1) is 0 Å². The van der Waals surface area contributed by atoms with Crippen LogP contribution in [0.1, 0.15) is 19.4 Å². The third kappa shape index (κ3) is 4.42. The maximum absolute atomic E-state index is 12.5. The highest BCUT2D eigenvalue weighted by atomic mass is 32.2. The SMILES string of the molecule is CCNC(C)CS(=O)c1cccc(C(F)(F)F)c1. The van der Waals surface area contributed by atoms with Crippen LogP contribution >= 0.6 is 0 Å². The standard InChI is InChI=1S/C12H16F3NOS/c1-3-16-9(2)8-18(17)11-6-4-5-10(7-11)12(13,14)15/h4-7,9,16H,3,8H2,1-2H3. The van der Waals surface area contributed by atoms with Crippen LogP contribution < -0.4 is 5.32 Å². The monoisotopic (exact) mass is 279 g/mol. The molecule has 0 saturated heterocycles. The first-order valence-electron chi connectivity index (χ1n) is 5.63. The molecule has 1 N–H and O–H groups in total. The normalized spacial score (nSPS) is 15.4. The van der Waals surface area contributed by atoms with Gasteiger partial charge < -0.3 is 5.32 Å². The first kappa shape index (κ1) is 15.2. The van der Waals surface area contributed by atoms with Crippen LogP contribution in [0.4, 0.5) is 13.2 Å². The van der Waals surface area contributed by atoms with Gasteiger partial charge in [-0.05, 0) is 31.7 Å². The average molecular weight is 279 g/mol. The molecule has 0 saturated carbocycles. The zero-order valence-electron chi connectivity index (χ0n) is 10.3. The second kappa shape index (κ2) is 6.33. The molecule has 6 heteroatoms. The van der Waals surface area contributed by atoms with E-state index in [-0.39, 0.29) is 10.9 Å². The molecule has 0 radical (unpaired) electrons. The van der Waals surface area contributed by atoms with Crippen LogP contribution in [0.15, 0.2) is 29.2 Å². The quantitative estimate of drug-likeness (QED) is 0.898. The summed E-state index contributed by atoms with van der Waals surface area (Å²) >= 11 is 0. The van der Waals surface area contributed by atoms with Crippen LogP contribution in [0.25, 0.3) is 0 Å². The third-order valence-corrected chi connectivity index (χ3v) is 3.96. The minimum Gasteiger partial charge on any atom is -0.314 e. The summed E-state index contributed by atoms with van der Waals surface area (Å²) in [7, 11) is -1.42. The largest absolute Gasteiger partial charge is 0.416 e. The summed E-state index contributed by atoms with van der Waals surface area (Å²) in [6.45, 7) is 4.51. The molecule has 0 aliphatic carbocycles. The van der Waals surface area contributed by atoms with E-state index in [0.29, 0.717) is 5.75 Å². The lowest BCUT2D eigenvalue weighted by molar-refractivity contribution is -0.137. The molecule has 0 aromatic heterocycles. The van der Waals surface area contributed by atoms with Gasteiger partial charge in [0, 0.05) is 16.7 Å². The Labute approximate surface area is 107 Å². The minimum atomic E-state index is -4.40. The van der Waals surface area contributed by atoms with E-state index < -0.39 is 22.5 Å². The van der Waals surface area contributed by atoms with E-state index in [2.05, 4.69) is 5.32 Å². The molecule has 0 bridgehead atoms. The van der Waals surface area contributed by atoms with Gasteiger partial charge in [-0.15, -0.1) is 0 Å². The Bertz CT molecular complexity index is 420. The van der Waals surface area contributed by atoms with Gasteiger partial charge in [0.05, 0.1) is 16.4 Å². The topological polar surface area (TPSA) is 29.1 Å². The number of hydrogen-bond donors (Lipinski definition) is 1. The van der Waals surface area contributed by atoms with Gasteiger partial charge in [0.1, 0.15) is 0 Å². The van der Waals surface area contributed by atoms with Crippen molar-refractivity contribution in [2.75, 3.05) is 12.3 Å². The van der Waals surface area contributed by atoms with Gasteiger partial charge in [0.15, 0.2) is 0 Å². The number of alkyl halides is 3.